The van der Waals surface area contributed by atoms with Crippen LogP contribution in [0.5, 0.6) is 11.5 Å². The quantitative estimate of drug-likeness (QED) is 0.265. The molecule has 0 atom stereocenters. The van der Waals surface area contributed by atoms with E-state index in [1.807, 2.05) is 19.1 Å². The highest BCUT2D eigenvalue weighted by Crippen LogP contribution is 2.33. The zero-order valence-corrected chi connectivity index (χ0v) is 17.1. The minimum Gasteiger partial charge on any atom is -0.493 e. The standard InChI is InChI=1S/C18H27N3O2.HI/c1-6-9-15-11-14(12-16(22-4)17(15)23-5)13-21-18(19-8-3)20-10-7-2;/h6-7,11-12H,1-2,8-10,13H2,3-5H3,(H2,19,20,21);1H. The lowest BCUT2D eigenvalue weighted by atomic mass is 10.1. The fraction of sp³-hybridized carbons (Fsp3) is 0.389. The van der Waals surface area contributed by atoms with Crippen LogP contribution in [0.4, 0.5) is 0 Å². The number of ether oxygens (including phenoxy) is 2. The molecule has 0 aromatic heterocycles. The van der Waals surface area contributed by atoms with E-state index >= 15 is 0 Å². The molecule has 1 aromatic rings. The molecule has 6 heteroatoms. The normalized spacial score (nSPS) is 10.4. The van der Waals surface area contributed by atoms with E-state index in [4.69, 9.17) is 9.47 Å². The Balaban J connectivity index is 0.00000529. The zero-order valence-electron chi connectivity index (χ0n) is 14.7. The molecule has 0 fully saturated rings. The van der Waals surface area contributed by atoms with Crippen LogP contribution in [-0.2, 0) is 13.0 Å². The van der Waals surface area contributed by atoms with Crippen LogP contribution in [0, 0.1) is 0 Å². The molecule has 0 saturated heterocycles. The van der Waals surface area contributed by atoms with Crippen molar-refractivity contribution < 1.29 is 9.47 Å². The Morgan fingerprint density at radius 1 is 1.17 bits per heavy atom. The number of hydrogen-bond acceptors (Lipinski definition) is 3. The molecule has 0 saturated carbocycles. The van der Waals surface area contributed by atoms with Crippen LogP contribution in [0.2, 0.25) is 0 Å². The topological polar surface area (TPSA) is 54.9 Å². The average molecular weight is 445 g/mol. The highest BCUT2D eigenvalue weighted by atomic mass is 127. The van der Waals surface area contributed by atoms with Gasteiger partial charge < -0.3 is 20.1 Å². The number of nitrogens with one attached hydrogen (secondary N) is 2. The fourth-order valence-electron chi connectivity index (χ4n) is 2.19. The summed E-state index contributed by atoms with van der Waals surface area (Å²) < 4.78 is 10.9. The average Bonchev–Trinajstić information content (AvgIpc) is 2.57. The van der Waals surface area contributed by atoms with Crippen LogP contribution in [0.3, 0.4) is 0 Å². The summed E-state index contributed by atoms with van der Waals surface area (Å²) in [5.74, 6) is 2.21. The maximum atomic E-state index is 5.45. The molecule has 1 rings (SSSR count). The SMILES string of the molecule is C=CCNC(=NCc1cc(CC=C)c(OC)c(OC)c1)NCC.I. The Morgan fingerprint density at radius 3 is 2.46 bits per heavy atom. The number of hydrogen-bond donors (Lipinski definition) is 2. The van der Waals surface area contributed by atoms with Gasteiger partial charge in [-0.15, -0.1) is 37.1 Å². The predicted octanol–water partition coefficient (Wildman–Crippen LogP) is 3.29. The monoisotopic (exact) mass is 445 g/mol. The second-order valence-corrected chi connectivity index (χ2v) is 4.85. The minimum absolute atomic E-state index is 0. The summed E-state index contributed by atoms with van der Waals surface area (Å²) in [5, 5.41) is 6.38. The molecule has 0 radical (unpaired) electrons. The van der Waals surface area contributed by atoms with Crippen molar-refractivity contribution in [3.8, 4) is 11.5 Å². The Hall–Kier alpha value is -1.70. The first-order chi connectivity index (χ1) is 11.2. The van der Waals surface area contributed by atoms with Crippen molar-refractivity contribution in [2.45, 2.75) is 19.9 Å². The third kappa shape index (κ3) is 6.82. The predicted molar refractivity (Wildman–Crippen MR) is 112 cm³/mol. The molecule has 0 spiro atoms. The smallest absolute Gasteiger partial charge is 0.191 e. The van der Waals surface area contributed by atoms with Crippen LogP contribution < -0.4 is 20.1 Å². The molecule has 0 heterocycles. The van der Waals surface area contributed by atoms with E-state index in [0.29, 0.717) is 25.3 Å². The molecule has 0 bridgehead atoms. The van der Waals surface area contributed by atoms with Gasteiger partial charge in [-0.2, -0.15) is 0 Å². The van der Waals surface area contributed by atoms with Crippen molar-refractivity contribution in [2.75, 3.05) is 27.3 Å². The van der Waals surface area contributed by atoms with Crippen molar-refractivity contribution in [2.24, 2.45) is 4.99 Å². The summed E-state index contributed by atoms with van der Waals surface area (Å²) in [4.78, 5) is 4.58. The molecule has 0 aliphatic heterocycles. The van der Waals surface area contributed by atoms with Gasteiger partial charge in [0.2, 0.25) is 0 Å². The number of guanidine groups is 1. The van der Waals surface area contributed by atoms with Gasteiger partial charge in [-0.25, -0.2) is 4.99 Å². The first-order valence-corrected chi connectivity index (χ1v) is 7.67. The van der Waals surface area contributed by atoms with Crippen molar-refractivity contribution in [3.05, 3.63) is 48.6 Å². The van der Waals surface area contributed by atoms with Crippen molar-refractivity contribution in [1.82, 2.24) is 10.6 Å². The number of rotatable bonds is 9. The van der Waals surface area contributed by atoms with E-state index < -0.39 is 0 Å². The third-order valence-corrected chi connectivity index (χ3v) is 3.16. The Morgan fingerprint density at radius 2 is 1.92 bits per heavy atom. The van der Waals surface area contributed by atoms with E-state index in [1.54, 1.807) is 20.3 Å². The van der Waals surface area contributed by atoms with Crippen LogP contribution in [0.25, 0.3) is 0 Å². The van der Waals surface area contributed by atoms with Crippen LogP contribution in [-0.4, -0.2) is 33.3 Å². The second kappa shape index (κ2) is 12.7. The number of methoxy groups -OCH3 is 2. The Kier molecular flexibility index (Phi) is 11.8. The summed E-state index contributed by atoms with van der Waals surface area (Å²) >= 11 is 0. The third-order valence-electron chi connectivity index (χ3n) is 3.16. The molecular weight excluding hydrogens is 417 g/mol. The molecule has 0 aliphatic carbocycles. The van der Waals surface area contributed by atoms with Gasteiger partial charge in [0.1, 0.15) is 0 Å². The number of benzene rings is 1. The summed E-state index contributed by atoms with van der Waals surface area (Å²) in [6.07, 6.45) is 4.36. The molecule has 5 nitrogen and oxygen atoms in total. The van der Waals surface area contributed by atoms with Gasteiger partial charge in [0.15, 0.2) is 17.5 Å². The van der Waals surface area contributed by atoms with Crippen molar-refractivity contribution in [1.29, 1.82) is 0 Å². The van der Waals surface area contributed by atoms with Crippen molar-refractivity contribution in [3.63, 3.8) is 0 Å². The van der Waals surface area contributed by atoms with Gasteiger partial charge in [-0.05, 0) is 31.0 Å². The highest BCUT2D eigenvalue weighted by Gasteiger charge is 2.11. The lowest BCUT2D eigenvalue weighted by Crippen LogP contribution is -2.37. The summed E-state index contributed by atoms with van der Waals surface area (Å²) in [6.45, 7) is 11.5. The molecular formula is C18H28IN3O2. The molecule has 2 N–H and O–H groups in total. The fourth-order valence-corrected chi connectivity index (χ4v) is 2.19. The maximum absolute atomic E-state index is 5.45. The largest absolute Gasteiger partial charge is 0.493 e. The number of nitrogens with zero attached hydrogens (tertiary/aromatic N) is 1. The van der Waals surface area contributed by atoms with Gasteiger partial charge in [-0.1, -0.05) is 12.2 Å². The zero-order chi connectivity index (χ0) is 17.1. The van der Waals surface area contributed by atoms with E-state index in [-0.39, 0.29) is 24.0 Å². The molecule has 0 aliphatic rings. The van der Waals surface area contributed by atoms with Gasteiger partial charge in [0.25, 0.3) is 0 Å². The van der Waals surface area contributed by atoms with Gasteiger partial charge in [0.05, 0.1) is 20.8 Å². The molecule has 0 unspecified atom stereocenters. The summed E-state index contributed by atoms with van der Waals surface area (Å²) in [7, 11) is 3.28. The van der Waals surface area contributed by atoms with Gasteiger partial charge >= 0.3 is 0 Å². The van der Waals surface area contributed by atoms with Crippen LogP contribution in [0.1, 0.15) is 18.1 Å². The minimum atomic E-state index is 0. The van der Waals surface area contributed by atoms with E-state index in [2.05, 4.69) is 34.9 Å². The highest BCUT2D eigenvalue weighted by molar-refractivity contribution is 14.0. The van der Waals surface area contributed by atoms with E-state index in [1.165, 1.54) is 0 Å². The molecule has 0 amide bonds. The number of allylic oxidation sites excluding steroid dienone is 1. The Bertz CT molecular complexity index is 559. The molecule has 134 valence electrons. The lowest BCUT2D eigenvalue weighted by molar-refractivity contribution is 0.352. The molecule has 24 heavy (non-hydrogen) atoms. The van der Waals surface area contributed by atoms with E-state index in [9.17, 15) is 0 Å². The lowest BCUT2D eigenvalue weighted by Gasteiger charge is -2.14. The maximum Gasteiger partial charge on any atom is 0.191 e. The Labute approximate surface area is 162 Å². The van der Waals surface area contributed by atoms with Gasteiger partial charge in [-0.3, -0.25) is 0 Å². The summed E-state index contributed by atoms with van der Waals surface area (Å²) in [6, 6.07) is 4.02. The van der Waals surface area contributed by atoms with Crippen LogP contribution in [0.15, 0.2) is 42.4 Å². The first-order valence-electron chi connectivity index (χ1n) is 7.67. The summed E-state index contributed by atoms with van der Waals surface area (Å²) in [5.41, 5.74) is 2.09. The number of aliphatic imine (C=N–C) groups is 1. The first kappa shape index (κ1) is 22.3. The molecule has 1 aromatic carbocycles. The second-order valence-electron chi connectivity index (χ2n) is 4.85. The number of halogens is 1. The van der Waals surface area contributed by atoms with Gasteiger partial charge in [0, 0.05) is 18.7 Å². The van der Waals surface area contributed by atoms with E-state index in [0.717, 1.165) is 29.4 Å². The van der Waals surface area contributed by atoms with Crippen LogP contribution >= 0.6 is 24.0 Å². The van der Waals surface area contributed by atoms with Crippen molar-refractivity contribution >= 4 is 29.9 Å².